The van der Waals surface area contributed by atoms with E-state index in [0.29, 0.717) is 19.8 Å². The van der Waals surface area contributed by atoms with Crippen LogP contribution in [0.1, 0.15) is 32.4 Å². The van der Waals surface area contributed by atoms with Crippen LogP contribution in [0.2, 0.25) is 0 Å². The quantitative estimate of drug-likeness (QED) is 0.132. The molecule has 0 radical (unpaired) electrons. The van der Waals surface area contributed by atoms with Crippen molar-refractivity contribution in [1.29, 1.82) is 0 Å². The molecule has 9 heteroatoms. The number of ether oxygens (including phenoxy) is 2. The molecule has 3 aromatic rings. The van der Waals surface area contributed by atoms with Crippen LogP contribution >= 0.6 is 24.0 Å². The maximum absolute atomic E-state index is 5.72. The second kappa shape index (κ2) is 15.3. The van der Waals surface area contributed by atoms with Crippen LogP contribution < -0.4 is 15.4 Å². The summed E-state index contributed by atoms with van der Waals surface area (Å²) in [6.45, 7) is 7.44. The summed E-state index contributed by atoms with van der Waals surface area (Å²) in [6.07, 6.45) is 7.32. The number of nitrogens with one attached hydrogen (secondary N) is 2. The monoisotopic (exact) mass is 567 g/mol. The molecular formula is C24H34IN5O3. The molecule has 0 aliphatic heterocycles. The predicted molar refractivity (Wildman–Crippen MR) is 141 cm³/mol. The lowest BCUT2D eigenvalue weighted by molar-refractivity contribution is 0.105. The highest BCUT2D eigenvalue weighted by Gasteiger charge is 2.03. The summed E-state index contributed by atoms with van der Waals surface area (Å²) >= 11 is 0. The van der Waals surface area contributed by atoms with Crippen LogP contribution in [0, 0.1) is 0 Å². The Labute approximate surface area is 212 Å². The van der Waals surface area contributed by atoms with Crippen molar-refractivity contribution < 1.29 is 13.9 Å². The number of anilines is 1. The number of nitrogens with zero attached hydrogens (tertiary/aromatic N) is 3. The predicted octanol–water partition coefficient (Wildman–Crippen LogP) is 4.94. The van der Waals surface area contributed by atoms with Crippen LogP contribution in [0.25, 0.3) is 0 Å². The minimum atomic E-state index is 0. The number of hydrogen-bond acceptors (Lipinski definition) is 5. The summed E-state index contributed by atoms with van der Waals surface area (Å²) in [5, 5.41) is 11.0. The van der Waals surface area contributed by atoms with Crippen molar-refractivity contribution in [2.75, 3.05) is 25.0 Å². The maximum atomic E-state index is 5.72. The number of guanidine groups is 1. The van der Waals surface area contributed by atoms with Gasteiger partial charge >= 0.3 is 0 Å². The van der Waals surface area contributed by atoms with Gasteiger partial charge in [-0.25, -0.2) is 0 Å². The summed E-state index contributed by atoms with van der Waals surface area (Å²) < 4.78 is 18.5. The minimum Gasteiger partial charge on any atom is -0.491 e. The number of halogens is 1. The number of hydrogen-bond donors (Lipinski definition) is 2. The van der Waals surface area contributed by atoms with Crippen LogP contribution in [0.5, 0.6) is 5.75 Å². The molecule has 0 aliphatic rings. The second-order valence-electron chi connectivity index (χ2n) is 7.58. The highest BCUT2D eigenvalue weighted by atomic mass is 127. The van der Waals surface area contributed by atoms with Gasteiger partial charge in [0.15, 0.2) is 5.96 Å². The molecule has 8 nitrogen and oxygen atoms in total. The zero-order valence-electron chi connectivity index (χ0n) is 19.3. The van der Waals surface area contributed by atoms with Gasteiger partial charge in [-0.3, -0.25) is 9.67 Å². The Morgan fingerprint density at radius 1 is 1.15 bits per heavy atom. The van der Waals surface area contributed by atoms with Crippen LogP contribution in [0.3, 0.4) is 0 Å². The SMILES string of the molecule is CC(C)Oc1ccc(NC(=NCCCn2cccn2)NCCCOCc2ccco2)cc1.I. The molecule has 33 heavy (non-hydrogen) atoms. The van der Waals surface area contributed by atoms with Gasteiger partial charge in [-0.1, -0.05) is 0 Å². The number of benzene rings is 1. The van der Waals surface area contributed by atoms with Crippen LogP contribution in [-0.4, -0.2) is 41.5 Å². The zero-order valence-corrected chi connectivity index (χ0v) is 21.6. The van der Waals surface area contributed by atoms with Crippen molar-refractivity contribution >= 4 is 35.6 Å². The Hall–Kier alpha value is -2.53. The number of aryl methyl sites for hydroxylation is 1. The minimum absolute atomic E-state index is 0. The first-order chi connectivity index (χ1) is 15.7. The molecule has 0 bridgehead atoms. The molecule has 0 unspecified atom stereocenters. The Morgan fingerprint density at radius 2 is 2.00 bits per heavy atom. The first-order valence-electron chi connectivity index (χ1n) is 11.1. The standard InChI is InChI=1S/C24H33N5O3.HI/c1-20(2)32-22-10-8-21(9-11-22)28-24(25-12-4-15-29-16-5-14-27-29)26-13-6-17-30-19-23-7-3-18-31-23;/h3,5,7-11,14,16,18,20H,4,6,12-13,15,17,19H2,1-2H3,(H2,25,26,28);1H. The lowest BCUT2D eigenvalue weighted by Crippen LogP contribution is -2.32. The van der Waals surface area contributed by atoms with E-state index in [1.54, 1.807) is 12.5 Å². The van der Waals surface area contributed by atoms with Gasteiger partial charge in [0, 0.05) is 44.3 Å². The smallest absolute Gasteiger partial charge is 0.195 e. The lowest BCUT2D eigenvalue weighted by Gasteiger charge is -2.14. The molecule has 0 fully saturated rings. The van der Waals surface area contributed by atoms with E-state index in [2.05, 4.69) is 15.7 Å². The first-order valence-corrected chi connectivity index (χ1v) is 11.1. The topological polar surface area (TPSA) is 85.8 Å². The van der Waals surface area contributed by atoms with E-state index in [1.807, 2.05) is 67.2 Å². The largest absolute Gasteiger partial charge is 0.491 e. The Kier molecular flexibility index (Phi) is 12.4. The van der Waals surface area contributed by atoms with Gasteiger partial charge in [-0.2, -0.15) is 5.10 Å². The van der Waals surface area contributed by atoms with Gasteiger partial charge in [-0.05, 0) is 69.2 Å². The third-order valence-corrected chi connectivity index (χ3v) is 4.45. The zero-order chi connectivity index (χ0) is 22.4. The lowest BCUT2D eigenvalue weighted by atomic mass is 10.3. The summed E-state index contributed by atoms with van der Waals surface area (Å²) in [4.78, 5) is 4.71. The van der Waals surface area contributed by atoms with E-state index >= 15 is 0 Å². The van der Waals surface area contributed by atoms with Crippen LogP contribution in [-0.2, 0) is 17.9 Å². The van der Waals surface area contributed by atoms with E-state index in [-0.39, 0.29) is 30.1 Å². The van der Waals surface area contributed by atoms with Gasteiger partial charge in [-0.15, -0.1) is 24.0 Å². The van der Waals surface area contributed by atoms with E-state index in [9.17, 15) is 0 Å². The Bertz CT molecular complexity index is 897. The van der Waals surface area contributed by atoms with Gasteiger partial charge in [0.2, 0.25) is 0 Å². The van der Waals surface area contributed by atoms with E-state index in [4.69, 9.17) is 18.9 Å². The van der Waals surface area contributed by atoms with Crippen molar-refractivity contribution in [2.24, 2.45) is 4.99 Å². The molecule has 2 N–H and O–H groups in total. The normalized spacial score (nSPS) is 11.3. The summed E-state index contributed by atoms with van der Waals surface area (Å²) in [5.41, 5.74) is 0.952. The molecule has 180 valence electrons. The van der Waals surface area contributed by atoms with Gasteiger partial charge < -0.3 is 24.5 Å². The molecule has 0 spiro atoms. The van der Waals surface area contributed by atoms with Gasteiger partial charge in [0.25, 0.3) is 0 Å². The molecule has 3 rings (SSSR count). The third-order valence-electron chi connectivity index (χ3n) is 4.45. The van der Waals surface area contributed by atoms with Crippen molar-refractivity contribution in [1.82, 2.24) is 15.1 Å². The van der Waals surface area contributed by atoms with Crippen molar-refractivity contribution in [3.63, 3.8) is 0 Å². The number of rotatable bonds is 13. The average molecular weight is 567 g/mol. The van der Waals surface area contributed by atoms with Gasteiger partial charge in [0.05, 0.1) is 12.4 Å². The molecule has 2 heterocycles. The highest BCUT2D eigenvalue weighted by Crippen LogP contribution is 2.16. The van der Waals surface area contributed by atoms with Crippen molar-refractivity contribution in [3.05, 3.63) is 66.9 Å². The highest BCUT2D eigenvalue weighted by molar-refractivity contribution is 14.0. The molecule has 0 atom stereocenters. The fourth-order valence-corrected chi connectivity index (χ4v) is 2.97. The molecule has 0 aliphatic carbocycles. The van der Waals surface area contributed by atoms with Crippen LogP contribution in [0.4, 0.5) is 5.69 Å². The fourth-order valence-electron chi connectivity index (χ4n) is 2.97. The molecule has 0 saturated heterocycles. The summed E-state index contributed by atoms with van der Waals surface area (Å²) in [5.74, 6) is 2.43. The molecular weight excluding hydrogens is 533 g/mol. The van der Waals surface area contributed by atoms with Gasteiger partial charge in [0.1, 0.15) is 18.1 Å². The molecule has 1 aromatic carbocycles. The summed E-state index contributed by atoms with van der Waals surface area (Å²) in [6, 6.07) is 13.6. The number of aliphatic imine (C=N–C) groups is 1. The summed E-state index contributed by atoms with van der Waals surface area (Å²) in [7, 11) is 0. The molecule has 0 amide bonds. The fraction of sp³-hybridized carbons (Fsp3) is 0.417. The third kappa shape index (κ3) is 10.8. The van der Waals surface area contributed by atoms with Crippen molar-refractivity contribution in [2.45, 2.75) is 45.9 Å². The molecule has 0 saturated carbocycles. The first kappa shape index (κ1) is 26.7. The number of aromatic nitrogens is 2. The van der Waals surface area contributed by atoms with Crippen molar-refractivity contribution in [3.8, 4) is 5.75 Å². The van der Waals surface area contributed by atoms with Crippen LogP contribution in [0.15, 0.2) is 70.5 Å². The maximum Gasteiger partial charge on any atom is 0.195 e. The van der Waals surface area contributed by atoms with E-state index in [0.717, 1.165) is 49.1 Å². The molecule has 2 aromatic heterocycles. The number of furan rings is 1. The average Bonchev–Trinajstić information content (AvgIpc) is 3.48. The second-order valence-corrected chi connectivity index (χ2v) is 7.58. The Balaban J connectivity index is 0.00000385. The van der Waals surface area contributed by atoms with E-state index in [1.165, 1.54) is 0 Å². The van der Waals surface area contributed by atoms with E-state index < -0.39 is 0 Å². The Morgan fingerprint density at radius 3 is 2.70 bits per heavy atom.